The number of hydrogen-bond acceptors (Lipinski definition) is 3. The maximum Gasteiger partial charge on any atom is 0.108 e. The van der Waals surface area contributed by atoms with Crippen molar-refractivity contribution in [3.05, 3.63) is 23.2 Å². The van der Waals surface area contributed by atoms with E-state index >= 15 is 0 Å². The second kappa shape index (κ2) is 4.28. The van der Waals surface area contributed by atoms with Gasteiger partial charge >= 0.3 is 0 Å². The summed E-state index contributed by atoms with van der Waals surface area (Å²) < 4.78 is 2.99. The molecule has 0 radical (unpaired) electrons. The molecule has 0 bridgehead atoms. The lowest BCUT2D eigenvalue weighted by atomic mass is 10.4. The molecule has 2 rings (SSSR count). The highest BCUT2D eigenvalue weighted by atomic mass is 79.9. The predicted octanol–water partition coefficient (Wildman–Crippen LogP) is 1.76. The summed E-state index contributed by atoms with van der Waals surface area (Å²) >= 11 is 3.37. The first-order valence-corrected chi connectivity index (χ1v) is 5.57. The normalized spacial score (nSPS) is 11.5. The van der Waals surface area contributed by atoms with Crippen LogP contribution in [0.25, 0.3) is 11.0 Å². The molecule has 4 nitrogen and oxygen atoms in total. The zero-order chi connectivity index (χ0) is 10.8. The fourth-order valence-corrected chi connectivity index (χ4v) is 1.74. The first kappa shape index (κ1) is 10.6. The first-order chi connectivity index (χ1) is 7.16. The molecule has 0 spiro atoms. The number of likely N-dealkylation sites (N-methyl/N-ethyl adjacent to an activating group) is 1. The minimum atomic E-state index is 0.849. The summed E-state index contributed by atoms with van der Waals surface area (Å²) in [5, 5.41) is 0. The van der Waals surface area contributed by atoms with Crippen LogP contribution in [0.3, 0.4) is 0 Å². The Morgan fingerprint density at radius 2 is 2.20 bits per heavy atom. The standard InChI is InChI=1S/C10H13BrN4/c1-14(2)3-4-15-7-13-8-6-12-10(11)5-9(8)15/h5-7H,3-4H2,1-2H3. The number of pyridine rings is 1. The number of rotatable bonds is 3. The second-order valence-corrected chi connectivity index (χ2v) is 4.55. The van der Waals surface area contributed by atoms with Gasteiger partial charge in [0.15, 0.2) is 0 Å². The van der Waals surface area contributed by atoms with Crippen LogP contribution in [0.15, 0.2) is 23.2 Å². The van der Waals surface area contributed by atoms with E-state index in [1.807, 2.05) is 12.4 Å². The predicted molar refractivity (Wildman–Crippen MR) is 63.8 cm³/mol. The van der Waals surface area contributed by atoms with Gasteiger partial charge in [-0.25, -0.2) is 9.97 Å². The molecule has 0 amide bonds. The van der Waals surface area contributed by atoms with Crippen molar-refractivity contribution in [2.75, 3.05) is 20.6 Å². The van der Waals surface area contributed by atoms with Crippen molar-refractivity contribution in [3.8, 4) is 0 Å². The summed E-state index contributed by atoms with van der Waals surface area (Å²) in [6.07, 6.45) is 3.65. The fraction of sp³-hybridized carbons (Fsp3) is 0.400. The van der Waals surface area contributed by atoms with Crippen molar-refractivity contribution in [3.63, 3.8) is 0 Å². The number of hydrogen-bond donors (Lipinski definition) is 0. The lowest BCUT2D eigenvalue weighted by Gasteiger charge is -2.10. The minimum Gasteiger partial charge on any atom is -0.329 e. The molecule has 0 aliphatic carbocycles. The van der Waals surface area contributed by atoms with E-state index in [2.05, 4.69) is 49.5 Å². The number of fused-ring (bicyclic) bond motifs is 1. The summed E-state index contributed by atoms with van der Waals surface area (Å²) in [4.78, 5) is 10.6. The van der Waals surface area contributed by atoms with Gasteiger partial charge in [0.1, 0.15) is 10.1 Å². The monoisotopic (exact) mass is 268 g/mol. The molecule has 2 aromatic heterocycles. The molecule has 0 saturated heterocycles. The summed E-state index contributed by atoms with van der Waals surface area (Å²) in [5.74, 6) is 0. The fourth-order valence-electron chi connectivity index (χ4n) is 1.42. The SMILES string of the molecule is CN(C)CCn1cnc2cnc(Br)cc21. The Kier molecular flexibility index (Phi) is 3.02. The van der Waals surface area contributed by atoms with Gasteiger partial charge in [0.2, 0.25) is 0 Å². The number of aromatic nitrogens is 3. The van der Waals surface area contributed by atoms with Gasteiger partial charge in [-0.15, -0.1) is 0 Å². The average molecular weight is 269 g/mol. The van der Waals surface area contributed by atoms with Crippen LogP contribution < -0.4 is 0 Å². The van der Waals surface area contributed by atoms with Crippen LogP contribution >= 0.6 is 15.9 Å². The topological polar surface area (TPSA) is 34.0 Å². The van der Waals surface area contributed by atoms with Crippen LogP contribution in [0, 0.1) is 0 Å². The number of imidazole rings is 1. The van der Waals surface area contributed by atoms with E-state index in [0.717, 1.165) is 28.7 Å². The zero-order valence-electron chi connectivity index (χ0n) is 8.81. The van der Waals surface area contributed by atoms with Crippen molar-refractivity contribution in [1.29, 1.82) is 0 Å². The van der Waals surface area contributed by atoms with Crippen LogP contribution in [0.5, 0.6) is 0 Å². The molecule has 0 aliphatic rings. The maximum atomic E-state index is 4.30. The second-order valence-electron chi connectivity index (χ2n) is 3.74. The third kappa shape index (κ3) is 2.35. The van der Waals surface area contributed by atoms with Crippen molar-refractivity contribution >= 4 is 27.0 Å². The molecule has 0 atom stereocenters. The molecule has 5 heteroatoms. The van der Waals surface area contributed by atoms with Crippen LogP contribution in [0.1, 0.15) is 0 Å². The molecule has 0 aromatic carbocycles. The van der Waals surface area contributed by atoms with Crippen LogP contribution in [-0.2, 0) is 6.54 Å². The number of nitrogens with zero attached hydrogens (tertiary/aromatic N) is 4. The molecule has 2 heterocycles. The molecule has 2 aromatic rings. The smallest absolute Gasteiger partial charge is 0.108 e. The van der Waals surface area contributed by atoms with Gasteiger partial charge in [0.05, 0.1) is 18.0 Å². The Morgan fingerprint density at radius 3 is 2.93 bits per heavy atom. The third-order valence-corrected chi connectivity index (χ3v) is 2.70. The van der Waals surface area contributed by atoms with Crippen LogP contribution in [0.2, 0.25) is 0 Å². The van der Waals surface area contributed by atoms with Crippen molar-refractivity contribution in [1.82, 2.24) is 19.4 Å². The maximum absolute atomic E-state index is 4.30. The van der Waals surface area contributed by atoms with Gasteiger partial charge in [-0.2, -0.15) is 0 Å². The highest BCUT2D eigenvalue weighted by Gasteiger charge is 2.03. The Bertz CT molecular complexity index is 463. The molecular weight excluding hydrogens is 256 g/mol. The molecular formula is C10H13BrN4. The highest BCUT2D eigenvalue weighted by Crippen LogP contribution is 2.15. The van der Waals surface area contributed by atoms with Gasteiger partial charge in [-0.1, -0.05) is 0 Å². The lowest BCUT2D eigenvalue weighted by molar-refractivity contribution is 0.386. The lowest BCUT2D eigenvalue weighted by Crippen LogP contribution is -2.17. The number of halogens is 1. The van der Waals surface area contributed by atoms with E-state index in [1.165, 1.54) is 0 Å². The molecule has 0 saturated carbocycles. The summed E-state index contributed by atoms with van der Waals surface area (Å²) in [7, 11) is 4.13. The Labute approximate surface area is 97.1 Å². The Hall–Kier alpha value is -0.940. The van der Waals surface area contributed by atoms with Gasteiger partial charge < -0.3 is 9.47 Å². The average Bonchev–Trinajstić information content (AvgIpc) is 2.57. The quantitative estimate of drug-likeness (QED) is 0.796. The summed E-state index contributed by atoms with van der Waals surface area (Å²) in [5.41, 5.74) is 2.07. The Balaban J connectivity index is 2.31. The molecule has 0 unspecified atom stereocenters. The third-order valence-electron chi connectivity index (χ3n) is 2.26. The molecule has 0 aliphatic heterocycles. The van der Waals surface area contributed by atoms with Crippen molar-refractivity contribution < 1.29 is 0 Å². The molecule has 0 N–H and O–H groups in total. The first-order valence-electron chi connectivity index (χ1n) is 4.78. The van der Waals surface area contributed by atoms with Gasteiger partial charge in [-0.3, -0.25) is 0 Å². The van der Waals surface area contributed by atoms with E-state index in [0.29, 0.717) is 0 Å². The van der Waals surface area contributed by atoms with Gasteiger partial charge in [0, 0.05) is 13.1 Å². The van der Waals surface area contributed by atoms with E-state index in [-0.39, 0.29) is 0 Å². The van der Waals surface area contributed by atoms with Gasteiger partial charge in [0.25, 0.3) is 0 Å². The van der Waals surface area contributed by atoms with E-state index in [4.69, 9.17) is 0 Å². The summed E-state index contributed by atoms with van der Waals surface area (Å²) in [6, 6.07) is 2.00. The van der Waals surface area contributed by atoms with E-state index < -0.39 is 0 Å². The van der Waals surface area contributed by atoms with Crippen LogP contribution in [0.4, 0.5) is 0 Å². The largest absolute Gasteiger partial charge is 0.329 e. The molecule has 15 heavy (non-hydrogen) atoms. The molecule has 0 fully saturated rings. The van der Waals surface area contributed by atoms with E-state index in [1.54, 1.807) is 6.20 Å². The van der Waals surface area contributed by atoms with Crippen LogP contribution in [-0.4, -0.2) is 40.1 Å². The van der Waals surface area contributed by atoms with Crippen molar-refractivity contribution in [2.45, 2.75) is 6.54 Å². The van der Waals surface area contributed by atoms with E-state index in [9.17, 15) is 0 Å². The Morgan fingerprint density at radius 1 is 1.40 bits per heavy atom. The van der Waals surface area contributed by atoms with Gasteiger partial charge in [-0.05, 0) is 36.1 Å². The van der Waals surface area contributed by atoms with Crippen molar-refractivity contribution in [2.24, 2.45) is 0 Å². The molecule has 80 valence electrons. The highest BCUT2D eigenvalue weighted by molar-refractivity contribution is 9.10. The summed E-state index contributed by atoms with van der Waals surface area (Å²) in [6.45, 7) is 1.95. The zero-order valence-corrected chi connectivity index (χ0v) is 10.4. The minimum absolute atomic E-state index is 0.849.